The first-order valence-electron chi connectivity index (χ1n) is 5.16. The zero-order valence-electron chi connectivity index (χ0n) is 9.79. The van der Waals surface area contributed by atoms with Crippen molar-refractivity contribution in [3.05, 3.63) is 54.5 Å². The summed E-state index contributed by atoms with van der Waals surface area (Å²) in [6.45, 7) is 7.23. The van der Waals surface area contributed by atoms with E-state index in [-0.39, 0.29) is 0 Å². The first-order chi connectivity index (χ1) is 7.83. The summed E-state index contributed by atoms with van der Waals surface area (Å²) in [7, 11) is 0. The number of halogens is 1. The molecule has 0 aliphatic heterocycles. The molecular weight excluding hydrogens is 364 g/mol. The fraction of sp³-hybridized carbons (Fsp3) is 0.308. The molecule has 0 atom stereocenters. The van der Waals surface area contributed by atoms with Crippen LogP contribution >= 0.6 is 19.8 Å². The topological polar surface area (TPSA) is 9.23 Å². The van der Waals surface area contributed by atoms with Gasteiger partial charge >= 0.3 is 34.5 Å². The second-order valence-corrected chi connectivity index (χ2v) is 3.30. The monoisotopic (exact) mass is 380 g/mol. The third-order valence-electron chi connectivity index (χ3n) is 2.06. The molecule has 0 heterocycles. The minimum absolute atomic E-state index is 0.677. The molecule has 1 aromatic rings. The summed E-state index contributed by atoms with van der Waals surface area (Å²) in [5.41, 5.74) is 2.49. The van der Waals surface area contributed by atoms with Gasteiger partial charge < -0.3 is 11.7 Å². The van der Waals surface area contributed by atoms with Crippen LogP contribution in [0.4, 0.5) is 0 Å². The van der Waals surface area contributed by atoms with Crippen LogP contribution in [0.2, 0.25) is 0 Å². The summed E-state index contributed by atoms with van der Waals surface area (Å²) in [6.07, 6.45) is 2.94. The molecule has 16 heavy (non-hydrogen) atoms. The van der Waals surface area contributed by atoms with Gasteiger partial charge in [0.15, 0.2) is 0 Å². The van der Waals surface area contributed by atoms with Crippen LogP contribution in [-0.2, 0) is 26.1 Å². The van der Waals surface area contributed by atoms with Crippen molar-refractivity contribution < 1.29 is 19.5 Å². The second-order valence-electron chi connectivity index (χ2n) is 3.30. The number of hydrogen-bond acceptors (Lipinski definition) is 1. The van der Waals surface area contributed by atoms with E-state index in [4.69, 9.17) is 4.74 Å². The van der Waals surface area contributed by atoms with Crippen LogP contribution in [0, 0.1) is 6.92 Å². The van der Waals surface area contributed by atoms with Gasteiger partial charge in [0.1, 0.15) is 0 Å². The van der Waals surface area contributed by atoms with Gasteiger partial charge in [-0.2, -0.15) is 6.42 Å². The first-order valence-corrected chi connectivity index (χ1v) is 14.2. The zero-order chi connectivity index (χ0) is 12.2. The molecule has 0 unspecified atom stereocenters. The van der Waals surface area contributed by atoms with Gasteiger partial charge in [0.05, 0.1) is 13.2 Å². The molecule has 0 radical (unpaired) electrons. The molecule has 0 N–H and O–H groups in total. The number of hydrogen-bond donors (Lipinski definition) is 0. The SMILES string of the molecule is [CH2-]C/C(C)=C/COCc1ccccc1.[Zn+][I]. The Kier molecular flexibility index (Phi) is 12.0. The minimum atomic E-state index is 0.677. The van der Waals surface area contributed by atoms with Crippen LogP contribution in [-0.4, -0.2) is 6.61 Å². The number of allylic oxidation sites excluding steroid dienone is 1. The van der Waals surface area contributed by atoms with Gasteiger partial charge in [0.2, 0.25) is 0 Å². The maximum atomic E-state index is 5.49. The Morgan fingerprint density at radius 1 is 1.38 bits per heavy atom. The van der Waals surface area contributed by atoms with E-state index in [1.54, 1.807) is 0 Å². The Balaban J connectivity index is 0.00000106. The van der Waals surface area contributed by atoms with Crippen LogP contribution in [0.3, 0.4) is 0 Å². The summed E-state index contributed by atoms with van der Waals surface area (Å²) >= 11 is 3.62. The van der Waals surface area contributed by atoms with Gasteiger partial charge in [-0.15, -0.1) is 5.57 Å². The first kappa shape index (κ1) is 16.3. The fourth-order valence-corrected chi connectivity index (χ4v) is 1.05. The summed E-state index contributed by atoms with van der Waals surface area (Å²) in [6, 6.07) is 10.2. The van der Waals surface area contributed by atoms with Crippen LogP contribution in [0.5, 0.6) is 0 Å². The second kappa shape index (κ2) is 11.7. The molecule has 1 aromatic carbocycles. The van der Waals surface area contributed by atoms with Crippen molar-refractivity contribution in [3.8, 4) is 0 Å². The van der Waals surface area contributed by atoms with Crippen molar-refractivity contribution in [2.75, 3.05) is 6.61 Å². The van der Waals surface area contributed by atoms with Gasteiger partial charge in [-0.1, -0.05) is 36.4 Å². The summed E-state index contributed by atoms with van der Waals surface area (Å²) in [5.74, 6) is 0. The Bertz CT molecular complexity index is 285. The third-order valence-corrected chi connectivity index (χ3v) is 2.06. The molecule has 1 rings (SSSR count). The zero-order valence-corrected chi connectivity index (χ0v) is 14.9. The third kappa shape index (κ3) is 8.43. The molecule has 3 heteroatoms. The van der Waals surface area contributed by atoms with Gasteiger partial charge in [0.25, 0.3) is 0 Å². The van der Waals surface area contributed by atoms with Crippen molar-refractivity contribution in [1.29, 1.82) is 0 Å². The Morgan fingerprint density at radius 3 is 2.56 bits per heavy atom. The van der Waals surface area contributed by atoms with E-state index in [1.807, 2.05) is 18.2 Å². The number of rotatable bonds is 5. The Morgan fingerprint density at radius 2 is 2.00 bits per heavy atom. The molecule has 0 fully saturated rings. The molecule has 0 aromatic heterocycles. The quantitative estimate of drug-likeness (QED) is 0.243. The Labute approximate surface area is 120 Å². The summed E-state index contributed by atoms with van der Waals surface area (Å²) in [5, 5.41) is 0. The molecular formula is C13H17IOZn. The number of benzene rings is 1. The van der Waals surface area contributed by atoms with E-state index in [0.29, 0.717) is 13.2 Å². The molecule has 0 amide bonds. The molecule has 0 spiro atoms. The van der Waals surface area contributed by atoms with Crippen molar-refractivity contribution >= 4 is 19.8 Å². The Hall–Kier alpha value is 0.273. The van der Waals surface area contributed by atoms with Gasteiger partial charge in [-0.3, -0.25) is 0 Å². The average Bonchev–Trinajstić information content (AvgIpc) is 2.38. The van der Waals surface area contributed by atoms with Crippen molar-refractivity contribution in [1.82, 2.24) is 0 Å². The number of ether oxygens (including phenoxy) is 1. The summed E-state index contributed by atoms with van der Waals surface area (Å²) < 4.78 is 5.49. The van der Waals surface area contributed by atoms with E-state index in [9.17, 15) is 0 Å². The van der Waals surface area contributed by atoms with E-state index >= 15 is 0 Å². The fourth-order valence-electron chi connectivity index (χ4n) is 1.05. The molecule has 1 nitrogen and oxygen atoms in total. The predicted octanol–water partition coefficient (Wildman–Crippen LogP) is 4.26. The van der Waals surface area contributed by atoms with Crippen LogP contribution in [0.25, 0.3) is 0 Å². The van der Waals surface area contributed by atoms with Crippen molar-refractivity contribution in [2.24, 2.45) is 0 Å². The molecule has 0 aliphatic carbocycles. The molecule has 0 bridgehead atoms. The van der Waals surface area contributed by atoms with Crippen LogP contribution in [0.1, 0.15) is 18.9 Å². The van der Waals surface area contributed by atoms with Gasteiger partial charge in [-0.05, 0) is 12.5 Å². The van der Waals surface area contributed by atoms with Gasteiger partial charge in [0, 0.05) is 0 Å². The van der Waals surface area contributed by atoms with E-state index in [2.05, 4.69) is 51.8 Å². The van der Waals surface area contributed by atoms with Crippen molar-refractivity contribution in [2.45, 2.75) is 20.0 Å². The predicted molar refractivity (Wildman–Crippen MR) is 73.8 cm³/mol. The normalized spacial score (nSPS) is 10.7. The average molecular weight is 382 g/mol. The molecule has 0 saturated heterocycles. The molecule has 0 aliphatic rings. The van der Waals surface area contributed by atoms with Crippen LogP contribution < -0.4 is 0 Å². The summed E-state index contributed by atoms with van der Waals surface area (Å²) in [4.78, 5) is 0. The standard InChI is InChI=1S/C13H17O.HI.Zn/c1-3-12(2)9-10-14-11-13-7-5-4-6-8-13;;/h4-9H,1,3,10-11H2,2H3;1H;/q-1;;+2/p-1/b12-9+;;. The van der Waals surface area contributed by atoms with Gasteiger partial charge in [-0.25, -0.2) is 0 Å². The van der Waals surface area contributed by atoms with Crippen LogP contribution in [0.15, 0.2) is 42.0 Å². The molecule has 84 valence electrons. The maximum absolute atomic E-state index is 5.49. The molecule has 0 saturated carbocycles. The van der Waals surface area contributed by atoms with E-state index in [1.165, 1.54) is 25.9 Å². The van der Waals surface area contributed by atoms with E-state index in [0.717, 1.165) is 6.42 Å². The van der Waals surface area contributed by atoms with Crippen molar-refractivity contribution in [3.63, 3.8) is 0 Å². The van der Waals surface area contributed by atoms with E-state index < -0.39 is 0 Å².